The monoisotopic (exact) mass is 376 g/mol. The smallest absolute Gasteiger partial charge is 0.408 e. The highest BCUT2D eigenvalue weighted by atomic mass is 16.5. The fourth-order valence-electron chi connectivity index (χ4n) is 4.07. The van der Waals surface area contributed by atoms with Crippen LogP contribution in [-0.4, -0.2) is 53.4 Å². The highest BCUT2D eigenvalue weighted by Gasteiger charge is 2.44. The normalized spacial score (nSPS) is 19.6. The van der Waals surface area contributed by atoms with E-state index in [2.05, 4.69) is 4.90 Å². The molecule has 8 nitrogen and oxygen atoms in total. The van der Waals surface area contributed by atoms with Crippen LogP contribution in [0.25, 0.3) is 11.1 Å². The number of rotatable bonds is 5. The molecule has 27 heavy (non-hydrogen) atoms. The third-order valence-electron chi connectivity index (χ3n) is 5.57. The van der Waals surface area contributed by atoms with Crippen LogP contribution in [-0.2, 0) is 11.8 Å². The van der Waals surface area contributed by atoms with Crippen molar-refractivity contribution in [1.82, 2.24) is 9.47 Å². The summed E-state index contributed by atoms with van der Waals surface area (Å²) >= 11 is 0. The number of nitrogens with two attached hydrogens (primary N) is 1. The number of ether oxygens (including phenoxy) is 1. The van der Waals surface area contributed by atoms with E-state index in [0.29, 0.717) is 31.9 Å². The van der Waals surface area contributed by atoms with Gasteiger partial charge in [-0.1, -0.05) is 0 Å². The Bertz CT molecular complexity index is 885. The number of piperazine rings is 1. The molecule has 2 aromatic rings. The van der Waals surface area contributed by atoms with Crippen molar-refractivity contribution in [3.8, 4) is 0 Å². The maximum absolute atomic E-state index is 11.9. The van der Waals surface area contributed by atoms with E-state index < -0.39 is 11.6 Å². The molecule has 1 aliphatic rings. The van der Waals surface area contributed by atoms with Crippen LogP contribution in [0.2, 0.25) is 0 Å². The van der Waals surface area contributed by atoms with Crippen LogP contribution >= 0.6 is 0 Å². The van der Waals surface area contributed by atoms with Crippen molar-refractivity contribution >= 4 is 22.8 Å². The van der Waals surface area contributed by atoms with Crippen molar-refractivity contribution in [2.24, 2.45) is 12.8 Å². The van der Waals surface area contributed by atoms with Gasteiger partial charge in [0.2, 0.25) is 0 Å². The summed E-state index contributed by atoms with van der Waals surface area (Å²) < 4.78 is 12.4. The number of primary amides is 1. The van der Waals surface area contributed by atoms with E-state index in [-0.39, 0.29) is 11.8 Å². The van der Waals surface area contributed by atoms with Crippen molar-refractivity contribution in [3.63, 3.8) is 0 Å². The van der Waals surface area contributed by atoms with Gasteiger partial charge < -0.3 is 24.7 Å². The summed E-state index contributed by atoms with van der Waals surface area (Å²) in [6, 6.07) is 5.37. The van der Waals surface area contributed by atoms with Crippen molar-refractivity contribution in [3.05, 3.63) is 28.7 Å². The van der Waals surface area contributed by atoms with Gasteiger partial charge in [0.15, 0.2) is 5.58 Å². The van der Waals surface area contributed by atoms with Crippen molar-refractivity contribution in [1.29, 1.82) is 0 Å². The Morgan fingerprint density at radius 2 is 2.11 bits per heavy atom. The Balaban J connectivity index is 1.98. The third kappa shape index (κ3) is 3.41. The second kappa shape index (κ2) is 7.26. The quantitative estimate of drug-likeness (QED) is 0.805. The molecule has 148 valence electrons. The Morgan fingerprint density at radius 3 is 2.78 bits per heavy atom. The van der Waals surface area contributed by atoms with Gasteiger partial charge in [-0.05, 0) is 39.3 Å². The number of carbonyl (C=O) groups excluding carboxylic acids is 1. The van der Waals surface area contributed by atoms with E-state index in [0.717, 1.165) is 17.6 Å². The molecule has 1 saturated heterocycles. The summed E-state index contributed by atoms with van der Waals surface area (Å²) in [5.74, 6) is -0.381. The molecular formula is C19H28N4O4. The van der Waals surface area contributed by atoms with E-state index in [1.807, 2.05) is 39.0 Å². The summed E-state index contributed by atoms with van der Waals surface area (Å²) in [6.07, 6.45) is 0.751. The van der Waals surface area contributed by atoms with Gasteiger partial charge in [0.05, 0.1) is 17.1 Å². The molecule has 1 fully saturated rings. The van der Waals surface area contributed by atoms with Crippen LogP contribution in [0.1, 0.15) is 27.2 Å². The number of aromatic nitrogens is 1. The van der Waals surface area contributed by atoms with Crippen molar-refractivity contribution in [2.75, 3.05) is 31.2 Å². The van der Waals surface area contributed by atoms with Gasteiger partial charge in [0, 0.05) is 45.1 Å². The number of carbonyl (C=O) groups is 1. The Hall–Kier alpha value is -2.48. The number of anilines is 1. The second-order valence-corrected chi connectivity index (χ2v) is 7.42. The van der Waals surface area contributed by atoms with Crippen molar-refractivity contribution in [2.45, 2.75) is 38.8 Å². The molecule has 1 aromatic heterocycles. The van der Waals surface area contributed by atoms with E-state index in [1.54, 1.807) is 11.9 Å². The minimum Gasteiger partial charge on any atom is -0.408 e. The van der Waals surface area contributed by atoms with Gasteiger partial charge >= 0.3 is 11.8 Å². The molecule has 3 rings (SSSR count). The molecular weight excluding hydrogens is 348 g/mol. The van der Waals surface area contributed by atoms with E-state index in [1.165, 1.54) is 4.57 Å². The minimum absolute atomic E-state index is 0.0122. The number of aryl methyl sites for hydroxylation is 1. The van der Waals surface area contributed by atoms with Crippen LogP contribution in [0.15, 0.2) is 27.4 Å². The zero-order valence-corrected chi connectivity index (χ0v) is 16.4. The van der Waals surface area contributed by atoms with Gasteiger partial charge in [-0.15, -0.1) is 0 Å². The Morgan fingerprint density at radius 1 is 1.37 bits per heavy atom. The molecule has 0 radical (unpaired) electrons. The van der Waals surface area contributed by atoms with Gasteiger partial charge in [0.1, 0.15) is 0 Å². The number of oxazole rings is 1. The summed E-state index contributed by atoms with van der Waals surface area (Å²) in [7, 11) is 1.69. The number of amides is 2. The summed E-state index contributed by atoms with van der Waals surface area (Å²) in [6.45, 7) is 8.44. The first-order valence-corrected chi connectivity index (χ1v) is 9.28. The van der Waals surface area contributed by atoms with Crippen LogP contribution in [0.3, 0.4) is 0 Å². The SMILES string of the molecule is CCOCCC1N(c2ccc3c(c2)oc(=O)n3C)CCN(C(N)=O)C1(C)C. The van der Waals surface area contributed by atoms with E-state index >= 15 is 0 Å². The lowest BCUT2D eigenvalue weighted by atomic mass is 9.86. The number of benzene rings is 1. The molecule has 1 atom stereocenters. The molecule has 2 N–H and O–H groups in total. The molecule has 1 aromatic carbocycles. The minimum atomic E-state index is -0.465. The topological polar surface area (TPSA) is 93.9 Å². The van der Waals surface area contributed by atoms with Gasteiger partial charge in [0.25, 0.3) is 0 Å². The zero-order chi connectivity index (χ0) is 19.8. The lowest BCUT2D eigenvalue weighted by Gasteiger charge is -2.53. The molecule has 0 bridgehead atoms. The molecule has 2 heterocycles. The van der Waals surface area contributed by atoms with Gasteiger partial charge in [-0.25, -0.2) is 9.59 Å². The van der Waals surface area contributed by atoms with E-state index in [4.69, 9.17) is 14.9 Å². The number of nitrogens with zero attached hydrogens (tertiary/aromatic N) is 3. The zero-order valence-electron chi connectivity index (χ0n) is 16.4. The molecule has 8 heteroatoms. The molecule has 0 aliphatic carbocycles. The predicted octanol–water partition coefficient (Wildman–Crippen LogP) is 1.91. The number of hydrogen-bond acceptors (Lipinski definition) is 5. The van der Waals surface area contributed by atoms with Gasteiger partial charge in [-0.3, -0.25) is 4.57 Å². The maximum Gasteiger partial charge on any atom is 0.419 e. The lowest BCUT2D eigenvalue weighted by molar-refractivity contribution is 0.0719. The van der Waals surface area contributed by atoms with E-state index in [9.17, 15) is 9.59 Å². The summed E-state index contributed by atoms with van der Waals surface area (Å²) in [5.41, 5.74) is 7.42. The van der Waals surface area contributed by atoms with Crippen molar-refractivity contribution < 1.29 is 13.9 Å². The fourth-order valence-corrected chi connectivity index (χ4v) is 4.07. The standard InChI is InChI=1S/C19H28N4O4/c1-5-26-11-8-16-19(2,3)23(17(20)24)10-9-22(16)13-6-7-14-15(12-13)27-18(25)21(14)4/h6-7,12,16H,5,8-11H2,1-4H3,(H2,20,24). The first kappa shape index (κ1) is 19.3. The van der Waals surface area contributed by atoms with Gasteiger partial charge in [-0.2, -0.15) is 0 Å². The average Bonchev–Trinajstić information content (AvgIpc) is 2.89. The molecule has 0 spiro atoms. The molecule has 1 aliphatic heterocycles. The first-order chi connectivity index (χ1) is 12.8. The van der Waals surface area contributed by atoms with Crippen LogP contribution < -0.4 is 16.4 Å². The summed E-state index contributed by atoms with van der Waals surface area (Å²) in [4.78, 5) is 27.7. The Labute approximate surface area is 158 Å². The molecule has 1 unspecified atom stereocenters. The number of fused-ring (bicyclic) bond motifs is 1. The number of urea groups is 1. The largest absolute Gasteiger partial charge is 0.419 e. The van der Waals surface area contributed by atoms with Crippen LogP contribution in [0.4, 0.5) is 10.5 Å². The lowest BCUT2D eigenvalue weighted by Crippen LogP contribution is -2.68. The second-order valence-electron chi connectivity index (χ2n) is 7.42. The Kier molecular flexibility index (Phi) is 5.19. The average molecular weight is 376 g/mol. The molecule has 2 amide bonds. The predicted molar refractivity (Wildman–Crippen MR) is 104 cm³/mol. The maximum atomic E-state index is 11.9. The highest BCUT2D eigenvalue weighted by Crippen LogP contribution is 2.34. The first-order valence-electron chi connectivity index (χ1n) is 9.28. The highest BCUT2D eigenvalue weighted by molar-refractivity contribution is 5.78. The molecule has 0 saturated carbocycles. The summed E-state index contributed by atoms with van der Waals surface area (Å²) in [5, 5.41) is 0. The third-order valence-corrected chi connectivity index (χ3v) is 5.57. The van der Waals surface area contributed by atoms with Crippen LogP contribution in [0.5, 0.6) is 0 Å². The fraction of sp³-hybridized carbons (Fsp3) is 0.579. The number of hydrogen-bond donors (Lipinski definition) is 1. The van der Waals surface area contributed by atoms with Crippen LogP contribution in [0, 0.1) is 0 Å².